The lowest BCUT2D eigenvalue weighted by molar-refractivity contribution is 0.462. The second-order valence-electron chi connectivity index (χ2n) is 7.17. The highest BCUT2D eigenvalue weighted by molar-refractivity contribution is 7.89. The lowest BCUT2D eigenvalue weighted by Crippen LogP contribution is -2.25. The van der Waals surface area contributed by atoms with Gasteiger partial charge in [0, 0.05) is 26.7 Å². The molecule has 0 aliphatic heterocycles. The number of para-hydroxylation sites is 2. The molecule has 1 aromatic heterocycles. The summed E-state index contributed by atoms with van der Waals surface area (Å²) in [5.74, 6) is 1.00. The van der Waals surface area contributed by atoms with Crippen molar-refractivity contribution in [2.75, 3.05) is 14.1 Å². The van der Waals surface area contributed by atoms with E-state index >= 15 is 0 Å². The topological polar surface area (TPSA) is 67.2 Å². The molecule has 1 N–H and O–H groups in total. The standard InChI is InChI=1S/C21H28N4O2S/c1-6-25-20-10-8-7-9-19(20)23-21(25)16(3)22-15(2)17-11-13-18(14-12-17)28(26,27)24(4)5/h7-16,22H,6H2,1-5H3/t15-,16-/m1/s1. The minimum absolute atomic E-state index is 0.0486. The van der Waals surface area contributed by atoms with Gasteiger partial charge in [-0.05, 0) is 50.6 Å². The number of imidazole rings is 1. The predicted molar refractivity (Wildman–Crippen MR) is 113 cm³/mol. The van der Waals surface area contributed by atoms with Gasteiger partial charge >= 0.3 is 0 Å². The summed E-state index contributed by atoms with van der Waals surface area (Å²) < 4.78 is 27.9. The van der Waals surface area contributed by atoms with E-state index in [2.05, 4.69) is 36.7 Å². The molecule has 0 bridgehead atoms. The quantitative estimate of drug-likeness (QED) is 0.656. The maximum atomic E-state index is 12.2. The van der Waals surface area contributed by atoms with Crippen molar-refractivity contribution in [3.63, 3.8) is 0 Å². The van der Waals surface area contributed by atoms with Crippen molar-refractivity contribution in [1.82, 2.24) is 19.2 Å². The van der Waals surface area contributed by atoms with E-state index in [-0.39, 0.29) is 12.1 Å². The molecule has 2 atom stereocenters. The van der Waals surface area contributed by atoms with Gasteiger partial charge in [-0.1, -0.05) is 24.3 Å². The fourth-order valence-electron chi connectivity index (χ4n) is 3.44. The molecule has 3 aromatic rings. The van der Waals surface area contributed by atoms with Crippen LogP contribution in [0, 0.1) is 0 Å². The highest BCUT2D eigenvalue weighted by Gasteiger charge is 2.20. The second-order valence-corrected chi connectivity index (χ2v) is 9.32. The summed E-state index contributed by atoms with van der Waals surface area (Å²) in [7, 11) is -0.336. The fourth-order valence-corrected chi connectivity index (χ4v) is 4.34. The number of rotatable bonds is 7. The SMILES string of the molecule is CCn1c([C@@H](C)N[C@H](C)c2ccc(S(=O)(=O)N(C)C)cc2)nc2ccccc21. The van der Waals surface area contributed by atoms with Gasteiger partial charge in [0.15, 0.2) is 0 Å². The molecule has 0 unspecified atom stereocenters. The van der Waals surface area contributed by atoms with Gasteiger partial charge < -0.3 is 9.88 Å². The lowest BCUT2D eigenvalue weighted by atomic mass is 10.1. The van der Waals surface area contributed by atoms with Crippen LogP contribution >= 0.6 is 0 Å². The third-order valence-corrected chi connectivity index (χ3v) is 6.88. The normalized spacial score (nSPS) is 14.5. The van der Waals surface area contributed by atoms with Crippen molar-refractivity contribution in [2.24, 2.45) is 0 Å². The number of aromatic nitrogens is 2. The Morgan fingerprint density at radius 1 is 1.04 bits per heavy atom. The molecule has 28 heavy (non-hydrogen) atoms. The number of nitrogens with one attached hydrogen (secondary N) is 1. The number of benzene rings is 2. The van der Waals surface area contributed by atoms with Crippen LogP contribution in [-0.2, 0) is 16.6 Å². The highest BCUT2D eigenvalue weighted by Crippen LogP contribution is 2.24. The Morgan fingerprint density at radius 2 is 1.68 bits per heavy atom. The third kappa shape index (κ3) is 3.83. The molecule has 2 aromatic carbocycles. The van der Waals surface area contributed by atoms with E-state index < -0.39 is 10.0 Å². The zero-order valence-corrected chi connectivity index (χ0v) is 17.9. The molecule has 0 amide bonds. The van der Waals surface area contributed by atoms with E-state index in [9.17, 15) is 8.42 Å². The number of sulfonamides is 1. The van der Waals surface area contributed by atoms with Crippen LogP contribution < -0.4 is 5.32 Å². The second kappa shape index (κ2) is 8.03. The van der Waals surface area contributed by atoms with Crippen molar-refractivity contribution >= 4 is 21.1 Å². The van der Waals surface area contributed by atoms with Crippen LogP contribution in [0.2, 0.25) is 0 Å². The summed E-state index contributed by atoms with van der Waals surface area (Å²) in [4.78, 5) is 5.11. The minimum atomic E-state index is -3.41. The Hall–Kier alpha value is -2.22. The van der Waals surface area contributed by atoms with E-state index in [4.69, 9.17) is 4.98 Å². The first-order valence-corrected chi connectivity index (χ1v) is 10.9. The van der Waals surface area contributed by atoms with Crippen LogP contribution in [0.1, 0.15) is 44.2 Å². The zero-order chi connectivity index (χ0) is 20.5. The summed E-state index contributed by atoms with van der Waals surface area (Å²) in [6, 6.07) is 15.3. The Bertz CT molecular complexity index is 1060. The van der Waals surface area contributed by atoms with Crippen LogP contribution in [0.3, 0.4) is 0 Å². The number of hydrogen-bond donors (Lipinski definition) is 1. The van der Waals surface area contributed by atoms with Crippen molar-refractivity contribution in [1.29, 1.82) is 0 Å². The minimum Gasteiger partial charge on any atom is -0.327 e. The summed E-state index contributed by atoms with van der Waals surface area (Å²) >= 11 is 0. The largest absolute Gasteiger partial charge is 0.327 e. The molecule has 0 aliphatic rings. The summed E-state index contributed by atoms with van der Waals surface area (Å²) in [5.41, 5.74) is 3.17. The van der Waals surface area contributed by atoms with Crippen LogP contribution in [-0.4, -0.2) is 36.4 Å². The Morgan fingerprint density at radius 3 is 2.29 bits per heavy atom. The number of fused-ring (bicyclic) bond motifs is 1. The molecule has 1 heterocycles. The molecule has 0 saturated carbocycles. The molecule has 0 fully saturated rings. The zero-order valence-electron chi connectivity index (χ0n) is 17.0. The van der Waals surface area contributed by atoms with E-state index in [0.29, 0.717) is 4.90 Å². The molecule has 6 nitrogen and oxygen atoms in total. The Balaban J connectivity index is 1.80. The van der Waals surface area contributed by atoms with Crippen molar-refractivity contribution in [3.8, 4) is 0 Å². The molecular formula is C21H28N4O2S. The van der Waals surface area contributed by atoms with Gasteiger partial charge in [0.25, 0.3) is 0 Å². The van der Waals surface area contributed by atoms with E-state index in [0.717, 1.165) is 29.0 Å². The van der Waals surface area contributed by atoms with Crippen molar-refractivity contribution in [2.45, 2.75) is 44.3 Å². The van der Waals surface area contributed by atoms with E-state index in [1.165, 1.54) is 18.4 Å². The van der Waals surface area contributed by atoms with Gasteiger partial charge in [-0.25, -0.2) is 17.7 Å². The first-order valence-electron chi connectivity index (χ1n) is 9.49. The van der Waals surface area contributed by atoms with Gasteiger partial charge in [0.05, 0.1) is 22.0 Å². The molecule has 0 spiro atoms. The van der Waals surface area contributed by atoms with E-state index in [1.54, 1.807) is 12.1 Å². The maximum absolute atomic E-state index is 12.2. The fraction of sp³-hybridized carbons (Fsp3) is 0.381. The average molecular weight is 401 g/mol. The van der Waals surface area contributed by atoms with Crippen LogP contribution in [0.25, 0.3) is 11.0 Å². The molecular weight excluding hydrogens is 372 g/mol. The number of hydrogen-bond acceptors (Lipinski definition) is 4. The Labute approximate surface area is 167 Å². The first-order chi connectivity index (χ1) is 13.3. The summed E-state index contributed by atoms with van der Waals surface area (Å²) in [6.07, 6.45) is 0. The maximum Gasteiger partial charge on any atom is 0.242 e. The Kier molecular flexibility index (Phi) is 5.88. The average Bonchev–Trinajstić information content (AvgIpc) is 3.06. The molecule has 0 aliphatic carbocycles. The first kappa shape index (κ1) is 20.5. The third-order valence-electron chi connectivity index (χ3n) is 5.05. The van der Waals surface area contributed by atoms with Crippen molar-refractivity contribution in [3.05, 3.63) is 59.9 Å². The smallest absolute Gasteiger partial charge is 0.242 e. The number of nitrogens with zero attached hydrogens (tertiary/aromatic N) is 3. The summed E-state index contributed by atoms with van der Waals surface area (Å²) in [5, 5.41) is 3.59. The monoisotopic (exact) mass is 400 g/mol. The summed E-state index contributed by atoms with van der Waals surface area (Å²) in [6.45, 7) is 7.16. The number of aryl methyl sites for hydroxylation is 1. The van der Waals surface area contributed by atoms with Gasteiger partial charge in [-0.15, -0.1) is 0 Å². The molecule has 3 rings (SSSR count). The van der Waals surface area contributed by atoms with Gasteiger partial charge in [-0.3, -0.25) is 0 Å². The van der Waals surface area contributed by atoms with E-state index in [1.807, 2.05) is 30.3 Å². The molecule has 0 saturated heterocycles. The molecule has 0 radical (unpaired) electrons. The molecule has 7 heteroatoms. The van der Waals surface area contributed by atoms with Crippen molar-refractivity contribution < 1.29 is 8.42 Å². The molecule has 150 valence electrons. The van der Waals surface area contributed by atoms with Gasteiger partial charge in [0.2, 0.25) is 10.0 Å². The highest BCUT2D eigenvalue weighted by atomic mass is 32.2. The van der Waals surface area contributed by atoms with Gasteiger partial charge in [0.1, 0.15) is 5.82 Å². The van der Waals surface area contributed by atoms with Crippen LogP contribution in [0.4, 0.5) is 0 Å². The lowest BCUT2D eigenvalue weighted by Gasteiger charge is -2.21. The van der Waals surface area contributed by atoms with Crippen LogP contribution in [0.5, 0.6) is 0 Å². The van der Waals surface area contributed by atoms with Crippen LogP contribution in [0.15, 0.2) is 53.4 Å². The predicted octanol–water partition coefficient (Wildman–Crippen LogP) is 3.72. The van der Waals surface area contributed by atoms with Gasteiger partial charge in [-0.2, -0.15) is 0 Å².